The average Bonchev–Trinajstić information content (AvgIpc) is 2.44. The Morgan fingerprint density at radius 2 is 2.00 bits per heavy atom. The van der Waals surface area contributed by atoms with E-state index in [0.717, 1.165) is 13.0 Å². The zero-order valence-corrected chi connectivity index (χ0v) is 14.1. The molecular formula is C12H14BrNO7S. The van der Waals surface area contributed by atoms with Crippen molar-refractivity contribution in [3.05, 3.63) is 28.2 Å². The maximum atomic E-state index is 12.1. The minimum atomic E-state index is -4.08. The number of benzene rings is 1. The number of aliphatic hydroxyl groups is 1. The van der Waals surface area contributed by atoms with Crippen molar-refractivity contribution in [1.29, 1.82) is 0 Å². The number of methoxy groups -OCH3 is 1. The van der Waals surface area contributed by atoms with E-state index in [-0.39, 0.29) is 14.9 Å². The molecule has 0 saturated carbocycles. The van der Waals surface area contributed by atoms with Crippen LogP contribution in [-0.4, -0.2) is 49.8 Å². The predicted molar refractivity (Wildman–Crippen MR) is 78.9 cm³/mol. The van der Waals surface area contributed by atoms with Crippen molar-refractivity contribution < 1.29 is 33.0 Å². The molecule has 0 aliphatic heterocycles. The van der Waals surface area contributed by atoms with Crippen LogP contribution in [0.3, 0.4) is 0 Å². The predicted octanol–water partition coefficient (Wildman–Crippen LogP) is 0.350. The molecule has 22 heavy (non-hydrogen) atoms. The van der Waals surface area contributed by atoms with Crippen molar-refractivity contribution in [3.8, 4) is 0 Å². The summed E-state index contributed by atoms with van der Waals surface area (Å²) in [5.74, 6) is -2.19. The smallest absolute Gasteiger partial charge is 0.337 e. The van der Waals surface area contributed by atoms with Crippen molar-refractivity contribution in [1.82, 2.24) is 4.72 Å². The van der Waals surface area contributed by atoms with Crippen molar-refractivity contribution in [2.45, 2.75) is 17.4 Å². The highest BCUT2D eigenvalue weighted by molar-refractivity contribution is 9.10. The van der Waals surface area contributed by atoms with E-state index in [0.29, 0.717) is 0 Å². The third kappa shape index (κ3) is 4.26. The first-order valence-electron chi connectivity index (χ1n) is 5.84. The normalized spacial score (nSPS) is 14.2. The molecule has 1 aromatic carbocycles. The fourth-order valence-corrected chi connectivity index (χ4v) is 3.56. The van der Waals surface area contributed by atoms with Crippen LogP contribution in [0.25, 0.3) is 0 Å². The second-order valence-corrected chi connectivity index (χ2v) is 7.13. The fraction of sp³-hybridized carbons (Fsp3) is 0.333. The number of sulfonamides is 1. The molecule has 0 spiro atoms. The molecule has 1 unspecified atom stereocenters. The molecule has 10 heteroatoms. The first-order chi connectivity index (χ1) is 10.0. The van der Waals surface area contributed by atoms with Gasteiger partial charge in [-0.1, -0.05) is 0 Å². The summed E-state index contributed by atoms with van der Waals surface area (Å²) in [6.45, 7) is 0.253. The maximum Gasteiger partial charge on any atom is 0.337 e. The van der Waals surface area contributed by atoms with Gasteiger partial charge in [0.05, 0.1) is 24.1 Å². The molecule has 0 bridgehead atoms. The highest BCUT2D eigenvalue weighted by Crippen LogP contribution is 2.23. The molecule has 8 nitrogen and oxygen atoms in total. The van der Waals surface area contributed by atoms with Gasteiger partial charge in [-0.2, -0.15) is 0 Å². The first kappa shape index (κ1) is 18.6. The number of halogens is 1. The van der Waals surface area contributed by atoms with E-state index < -0.39 is 34.1 Å². The van der Waals surface area contributed by atoms with Crippen LogP contribution in [0.1, 0.15) is 17.3 Å². The number of carbonyl (C=O) groups excluding carboxylic acids is 1. The van der Waals surface area contributed by atoms with Gasteiger partial charge in [-0.15, -0.1) is 0 Å². The van der Waals surface area contributed by atoms with Gasteiger partial charge >= 0.3 is 11.9 Å². The zero-order valence-electron chi connectivity index (χ0n) is 11.7. The van der Waals surface area contributed by atoms with Gasteiger partial charge in [0.1, 0.15) is 0 Å². The lowest BCUT2D eigenvalue weighted by Crippen LogP contribution is -2.46. The highest BCUT2D eigenvalue weighted by atomic mass is 79.9. The largest absolute Gasteiger partial charge is 0.479 e. The van der Waals surface area contributed by atoms with E-state index in [9.17, 15) is 23.1 Å². The molecular weight excluding hydrogens is 382 g/mol. The Labute approximate surface area is 135 Å². The van der Waals surface area contributed by atoms with E-state index in [2.05, 4.69) is 20.7 Å². The Hall–Kier alpha value is -1.49. The van der Waals surface area contributed by atoms with E-state index in [1.807, 2.05) is 4.72 Å². The number of carbonyl (C=O) groups is 2. The number of hydrogen-bond acceptors (Lipinski definition) is 6. The summed E-state index contributed by atoms with van der Waals surface area (Å²) in [6.07, 6.45) is 0. The van der Waals surface area contributed by atoms with Crippen LogP contribution < -0.4 is 4.72 Å². The van der Waals surface area contributed by atoms with Gasteiger partial charge in [0.2, 0.25) is 10.0 Å². The lowest BCUT2D eigenvalue weighted by atomic mass is 10.1. The topological polar surface area (TPSA) is 130 Å². The molecule has 0 aliphatic rings. The Morgan fingerprint density at radius 1 is 1.41 bits per heavy atom. The number of esters is 1. The molecule has 0 heterocycles. The van der Waals surface area contributed by atoms with E-state index in [1.165, 1.54) is 19.2 Å². The number of rotatable bonds is 6. The maximum absolute atomic E-state index is 12.1. The first-order valence-corrected chi connectivity index (χ1v) is 8.12. The third-order valence-corrected chi connectivity index (χ3v) is 5.09. The van der Waals surface area contributed by atoms with Crippen LogP contribution >= 0.6 is 15.9 Å². The number of aliphatic carboxylic acids is 1. The summed E-state index contributed by atoms with van der Waals surface area (Å²) < 4.78 is 30.8. The standard InChI is InChI=1S/C12H14BrNO7S/c1-12(18,11(16)17)6-14-22(19,20)9-4-3-7(5-8(9)13)10(15)21-2/h3-5,14,18H,6H2,1-2H3,(H,16,17). The van der Waals surface area contributed by atoms with Gasteiger partial charge in [-0.25, -0.2) is 22.7 Å². The number of nitrogens with one attached hydrogen (secondary N) is 1. The highest BCUT2D eigenvalue weighted by Gasteiger charge is 2.32. The van der Waals surface area contributed by atoms with Crippen LogP contribution in [0.2, 0.25) is 0 Å². The lowest BCUT2D eigenvalue weighted by molar-refractivity contribution is -0.155. The molecule has 1 rings (SSSR count). The number of ether oxygens (including phenoxy) is 1. The second kappa shape index (κ2) is 6.73. The Bertz CT molecular complexity index is 699. The van der Waals surface area contributed by atoms with Crippen LogP contribution in [0.4, 0.5) is 0 Å². The zero-order chi connectivity index (χ0) is 17.1. The van der Waals surface area contributed by atoms with Crippen molar-refractivity contribution in [3.63, 3.8) is 0 Å². The molecule has 0 fully saturated rings. The molecule has 0 aromatic heterocycles. The van der Waals surface area contributed by atoms with Gasteiger partial charge in [0.15, 0.2) is 5.60 Å². The molecule has 0 saturated heterocycles. The Balaban J connectivity index is 3.04. The lowest BCUT2D eigenvalue weighted by Gasteiger charge is -2.18. The molecule has 0 aliphatic carbocycles. The molecule has 0 radical (unpaired) electrons. The van der Waals surface area contributed by atoms with Crippen LogP contribution in [0.5, 0.6) is 0 Å². The second-order valence-electron chi connectivity index (χ2n) is 4.54. The quantitative estimate of drug-likeness (QED) is 0.592. The summed E-state index contributed by atoms with van der Waals surface area (Å²) >= 11 is 3.02. The van der Waals surface area contributed by atoms with Crippen LogP contribution in [0, 0.1) is 0 Å². The van der Waals surface area contributed by atoms with Crippen molar-refractivity contribution in [2.75, 3.05) is 13.7 Å². The van der Waals surface area contributed by atoms with Gasteiger partial charge in [0, 0.05) is 4.47 Å². The van der Waals surface area contributed by atoms with Crippen molar-refractivity contribution in [2.24, 2.45) is 0 Å². The minimum absolute atomic E-state index is 0.0952. The van der Waals surface area contributed by atoms with Gasteiger partial charge in [-0.3, -0.25) is 0 Å². The van der Waals surface area contributed by atoms with Gasteiger partial charge in [-0.05, 0) is 41.1 Å². The summed E-state index contributed by atoms with van der Waals surface area (Å²) in [7, 11) is -2.89. The molecule has 3 N–H and O–H groups in total. The number of hydrogen-bond donors (Lipinski definition) is 3. The van der Waals surface area contributed by atoms with Gasteiger partial charge < -0.3 is 14.9 Å². The Kier molecular flexibility index (Phi) is 5.68. The minimum Gasteiger partial charge on any atom is -0.479 e. The monoisotopic (exact) mass is 395 g/mol. The summed E-state index contributed by atoms with van der Waals surface area (Å²) in [5, 5.41) is 18.3. The fourth-order valence-electron chi connectivity index (χ4n) is 1.35. The molecule has 0 amide bonds. The number of carboxylic acid groups (broad SMARTS) is 1. The molecule has 122 valence electrons. The summed E-state index contributed by atoms with van der Waals surface area (Å²) in [5.41, 5.74) is -2.10. The van der Waals surface area contributed by atoms with Crippen LogP contribution in [-0.2, 0) is 19.6 Å². The van der Waals surface area contributed by atoms with E-state index in [1.54, 1.807) is 0 Å². The average molecular weight is 396 g/mol. The molecule has 1 aromatic rings. The van der Waals surface area contributed by atoms with E-state index >= 15 is 0 Å². The summed E-state index contributed by atoms with van der Waals surface area (Å²) in [6, 6.07) is 3.67. The van der Waals surface area contributed by atoms with Gasteiger partial charge in [0.25, 0.3) is 0 Å². The SMILES string of the molecule is COC(=O)c1ccc(S(=O)(=O)NCC(C)(O)C(=O)O)c(Br)c1. The Morgan fingerprint density at radius 3 is 2.45 bits per heavy atom. The third-order valence-electron chi connectivity index (χ3n) is 2.71. The van der Waals surface area contributed by atoms with Crippen LogP contribution in [0.15, 0.2) is 27.6 Å². The molecule has 1 atom stereocenters. The van der Waals surface area contributed by atoms with E-state index in [4.69, 9.17) is 5.11 Å². The van der Waals surface area contributed by atoms with Crippen molar-refractivity contribution >= 4 is 37.9 Å². The summed E-state index contributed by atoms with van der Waals surface area (Å²) in [4.78, 5) is 21.9. The number of carboxylic acids is 1.